The van der Waals surface area contributed by atoms with Gasteiger partial charge in [-0.15, -0.1) is 0 Å². The normalized spacial score (nSPS) is 10.4. The van der Waals surface area contributed by atoms with Crippen LogP contribution in [-0.4, -0.2) is 19.7 Å². The Balaban J connectivity index is 2.18. The van der Waals surface area contributed by atoms with E-state index >= 15 is 0 Å². The molecular formula is C8H9N5S. The first-order chi connectivity index (χ1) is 6.74. The summed E-state index contributed by atoms with van der Waals surface area (Å²) in [5.74, 6) is 0.478. The molecule has 0 saturated carbocycles. The Labute approximate surface area is 85.4 Å². The Kier molecular flexibility index (Phi) is 2.36. The maximum Gasteiger partial charge on any atom is 0.194 e. The maximum absolute atomic E-state index is 5.53. The largest absolute Gasteiger partial charge is 0.384 e. The predicted octanol–water partition coefficient (Wildman–Crippen LogP) is 0.943. The van der Waals surface area contributed by atoms with Crippen LogP contribution in [0.3, 0.4) is 0 Å². The van der Waals surface area contributed by atoms with E-state index in [0.717, 1.165) is 4.90 Å². The third-order valence-corrected chi connectivity index (χ3v) is 2.37. The van der Waals surface area contributed by atoms with E-state index < -0.39 is 0 Å². The van der Waals surface area contributed by atoms with Crippen LogP contribution in [0.15, 0.2) is 34.7 Å². The van der Waals surface area contributed by atoms with E-state index in [1.807, 2.05) is 13.2 Å². The number of aryl methyl sites for hydroxylation is 1. The standard InChI is InChI=1S/C8H9N5S/c1-13-5-6(4-11-13)14-8-10-3-2-7(9)12-8/h2-5H,1H3,(H2,9,10,12). The van der Waals surface area contributed by atoms with E-state index in [-0.39, 0.29) is 0 Å². The molecule has 0 radical (unpaired) electrons. The van der Waals surface area contributed by atoms with E-state index in [2.05, 4.69) is 15.1 Å². The van der Waals surface area contributed by atoms with Crippen molar-refractivity contribution in [1.82, 2.24) is 19.7 Å². The fourth-order valence-corrected chi connectivity index (χ4v) is 1.74. The third-order valence-electron chi connectivity index (χ3n) is 1.55. The SMILES string of the molecule is Cn1cc(Sc2nccc(N)n2)cn1. The highest BCUT2D eigenvalue weighted by atomic mass is 32.2. The van der Waals surface area contributed by atoms with E-state index in [1.54, 1.807) is 23.1 Å². The second-order valence-electron chi connectivity index (χ2n) is 2.72. The van der Waals surface area contributed by atoms with Gasteiger partial charge in [-0.1, -0.05) is 0 Å². The van der Waals surface area contributed by atoms with E-state index in [4.69, 9.17) is 5.73 Å². The Morgan fingerprint density at radius 2 is 2.36 bits per heavy atom. The first-order valence-corrected chi connectivity index (χ1v) is 4.81. The lowest BCUT2D eigenvalue weighted by atomic mass is 10.6. The van der Waals surface area contributed by atoms with Gasteiger partial charge in [0.2, 0.25) is 0 Å². The minimum atomic E-state index is 0.478. The molecule has 6 heteroatoms. The lowest BCUT2D eigenvalue weighted by molar-refractivity contribution is 0.766. The summed E-state index contributed by atoms with van der Waals surface area (Å²) in [4.78, 5) is 9.15. The number of nitrogens with zero attached hydrogens (tertiary/aromatic N) is 4. The molecular weight excluding hydrogens is 198 g/mol. The van der Waals surface area contributed by atoms with Gasteiger partial charge in [-0.05, 0) is 17.8 Å². The lowest BCUT2D eigenvalue weighted by Gasteiger charge is -1.96. The molecule has 2 heterocycles. The van der Waals surface area contributed by atoms with Crippen molar-refractivity contribution in [3.8, 4) is 0 Å². The molecule has 0 atom stereocenters. The van der Waals surface area contributed by atoms with Gasteiger partial charge < -0.3 is 5.73 Å². The number of hydrogen-bond donors (Lipinski definition) is 1. The molecule has 0 spiro atoms. The second-order valence-corrected chi connectivity index (χ2v) is 3.76. The minimum Gasteiger partial charge on any atom is -0.384 e. The summed E-state index contributed by atoms with van der Waals surface area (Å²) in [6.07, 6.45) is 5.30. The van der Waals surface area contributed by atoms with E-state index in [0.29, 0.717) is 11.0 Å². The predicted molar refractivity (Wildman–Crippen MR) is 53.8 cm³/mol. The molecule has 72 valence electrons. The molecule has 0 aliphatic carbocycles. The molecule has 0 amide bonds. The summed E-state index contributed by atoms with van der Waals surface area (Å²) >= 11 is 1.44. The average molecular weight is 207 g/mol. The van der Waals surface area contributed by atoms with Gasteiger partial charge in [-0.25, -0.2) is 9.97 Å². The van der Waals surface area contributed by atoms with E-state index in [9.17, 15) is 0 Å². The topological polar surface area (TPSA) is 69.6 Å². The second kappa shape index (κ2) is 3.67. The van der Waals surface area contributed by atoms with Crippen molar-refractivity contribution in [3.63, 3.8) is 0 Å². The summed E-state index contributed by atoms with van der Waals surface area (Å²) < 4.78 is 1.73. The fourth-order valence-electron chi connectivity index (χ4n) is 0.960. The highest BCUT2D eigenvalue weighted by molar-refractivity contribution is 7.99. The zero-order valence-electron chi connectivity index (χ0n) is 7.58. The van der Waals surface area contributed by atoms with Crippen LogP contribution in [0.5, 0.6) is 0 Å². The molecule has 5 nitrogen and oxygen atoms in total. The molecule has 14 heavy (non-hydrogen) atoms. The Bertz CT molecular complexity index is 439. The summed E-state index contributed by atoms with van der Waals surface area (Å²) in [5, 5.41) is 4.68. The summed E-state index contributed by atoms with van der Waals surface area (Å²) in [7, 11) is 1.87. The molecule has 2 rings (SSSR count). The lowest BCUT2D eigenvalue weighted by Crippen LogP contribution is -1.92. The number of nitrogens with two attached hydrogens (primary N) is 1. The number of anilines is 1. The van der Waals surface area contributed by atoms with Crippen molar-refractivity contribution in [2.24, 2.45) is 7.05 Å². The van der Waals surface area contributed by atoms with Gasteiger partial charge in [0.25, 0.3) is 0 Å². The van der Waals surface area contributed by atoms with Crippen LogP contribution in [0.4, 0.5) is 5.82 Å². The molecule has 2 N–H and O–H groups in total. The number of rotatable bonds is 2. The molecule has 0 fully saturated rings. The highest BCUT2D eigenvalue weighted by Crippen LogP contribution is 2.23. The van der Waals surface area contributed by atoms with Gasteiger partial charge in [0.1, 0.15) is 5.82 Å². The van der Waals surface area contributed by atoms with Crippen LogP contribution in [-0.2, 0) is 7.05 Å². The maximum atomic E-state index is 5.53. The van der Waals surface area contributed by atoms with Crippen molar-refractivity contribution in [1.29, 1.82) is 0 Å². The quantitative estimate of drug-likeness (QED) is 0.742. The van der Waals surface area contributed by atoms with Crippen molar-refractivity contribution in [2.75, 3.05) is 5.73 Å². The van der Waals surface area contributed by atoms with Gasteiger partial charge in [0.15, 0.2) is 5.16 Å². The van der Waals surface area contributed by atoms with Gasteiger partial charge >= 0.3 is 0 Å². The highest BCUT2D eigenvalue weighted by Gasteiger charge is 2.02. The first-order valence-electron chi connectivity index (χ1n) is 3.99. The molecule has 0 unspecified atom stereocenters. The summed E-state index contributed by atoms with van der Waals surface area (Å²) in [6.45, 7) is 0. The third kappa shape index (κ3) is 2.02. The van der Waals surface area contributed by atoms with Crippen molar-refractivity contribution in [3.05, 3.63) is 24.7 Å². The van der Waals surface area contributed by atoms with Gasteiger partial charge in [0.05, 0.1) is 11.1 Å². The summed E-state index contributed by atoms with van der Waals surface area (Å²) in [5.41, 5.74) is 5.53. The zero-order chi connectivity index (χ0) is 9.97. The van der Waals surface area contributed by atoms with Gasteiger partial charge in [-0.2, -0.15) is 5.10 Å². The fraction of sp³-hybridized carbons (Fsp3) is 0.125. The number of nitrogen functional groups attached to an aromatic ring is 1. The van der Waals surface area contributed by atoms with Crippen molar-refractivity contribution < 1.29 is 0 Å². The minimum absolute atomic E-state index is 0.478. The summed E-state index contributed by atoms with van der Waals surface area (Å²) in [6, 6.07) is 1.66. The van der Waals surface area contributed by atoms with Gasteiger partial charge in [0, 0.05) is 19.4 Å². The van der Waals surface area contributed by atoms with Crippen LogP contribution in [0.2, 0.25) is 0 Å². The Morgan fingerprint density at radius 1 is 1.50 bits per heavy atom. The molecule has 2 aromatic rings. The smallest absolute Gasteiger partial charge is 0.194 e. The molecule has 0 saturated heterocycles. The van der Waals surface area contributed by atoms with Crippen LogP contribution in [0.1, 0.15) is 0 Å². The molecule has 0 aliphatic rings. The monoisotopic (exact) mass is 207 g/mol. The van der Waals surface area contributed by atoms with Crippen LogP contribution in [0, 0.1) is 0 Å². The molecule has 0 bridgehead atoms. The Hall–Kier alpha value is -1.56. The van der Waals surface area contributed by atoms with Crippen LogP contribution >= 0.6 is 11.8 Å². The number of hydrogen-bond acceptors (Lipinski definition) is 5. The molecule has 0 aromatic carbocycles. The zero-order valence-corrected chi connectivity index (χ0v) is 8.40. The van der Waals surface area contributed by atoms with Crippen molar-refractivity contribution in [2.45, 2.75) is 10.1 Å². The molecule has 0 aliphatic heterocycles. The molecule has 2 aromatic heterocycles. The van der Waals surface area contributed by atoms with Crippen molar-refractivity contribution >= 4 is 17.6 Å². The Morgan fingerprint density at radius 3 is 3.00 bits per heavy atom. The van der Waals surface area contributed by atoms with Crippen LogP contribution in [0.25, 0.3) is 0 Å². The number of aromatic nitrogens is 4. The van der Waals surface area contributed by atoms with Gasteiger partial charge in [-0.3, -0.25) is 4.68 Å². The average Bonchev–Trinajstić information content (AvgIpc) is 2.51. The van der Waals surface area contributed by atoms with Crippen LogP contribution < -0.4 is 5.73 Å². The van der Waals surface area contributed by atoms with E-state index in [1.165, 1.54) is 11.8 Å². The first kappa shape index (κ1) is 9.01.